The molecule has 24 heavy (non-hydrogen) atoms. The molecule has 1 aliphatic rings. The molecule has 1 fully saturated rings. The Balaban J connectivity index is 1.60. The number of rotatable bonds is 5. The molecule has 0 saturated carbocycles. The molecule has 5 heteroatoms. The normalized spacial score (nSPS) is 18.1. The molecule has 1 atom stereocenters. The maximum absolute atomic E-state index is 12.6. The van der Waals surface area contributed by atoms with Crippen LogP contribution in [0.15, 0.2) is 48.7 Å². The third kappa shape index (κ3) is 4.11. The van der Waals surface area contributed by atoms with Crippen molar-refractivity contribution in [2.75, 3.05) is 25.5 Å². The molecular formula is C19H23N3O2. The van der Waals surface area contributed by atoms with Gasteiger partial charge in [-0.2, -0.15) is 0 Å². The van der Waals surface area contributed by atoms with Crippen LogP contribution in [-0.4, -0.2) is 36.0 Å². The Morgan fingerprint density at radius 1 is 1.29 bits per heavy atom. The Labute approximate surface area is 142 Å². The number of likely N-dealkylation sites (tertiary alicyclic amines) is 1. The summed E-state index contributed by atoms with van der Waals surface area (Å²) in [6, 6.07) is 14.0. The van der Waals surface area contributed by atoms with Crippen LogP contribution < -0.4 is 10.1 Å². The molecule has 0 spiro atoms. The molecule has 0 unspecified atom stereocenters. The van der Waals surface area contributed by atoms with E-state index in [-0.39, 0.29) is 11.8 Å². The molecule has 1 aromatic carbocycles. The number of methoxy groups -OCH3 is 1. The predicted octanol–water partition coefficient (Wildman–Crippen LogP) is 2.94. The molecule has 1 N–H and O–H groups in total. The number of anilines is 1. The molecule has 1 aliphatic heterocycles. The quantitative estimate of drug-likeness (QED) is 0.918. The molecule has 1 amide bonds. The Bertz CT molecular complexity index is 675. The van der Waals surface area contributed by atoms with Gasteiger partial charge < -0.3 is 10.1 Å². The van der Waals surface area contributed by atoms with Crippen LogP contribution >= 0.6 is 0 Å². The van der Waals surface area contributed by atoms with E-state index in [0.717, 1.165) is 32.5 Å². The maximum atomic E-state index is 12.6. The summed E-state index contributed by atoms with van der Waals surface area (Å²) < 4.78 is 5.25. The van der Waals surface area contributed by atoms with E-state index in [1.165, 1.54) is 5.56 Å². The number of carbonyl (C=O) groups excluding carboxylic acids is 1. The van der Waals surface area contributed by atoms with E-state index >= 15 is 0 Å². The number of ether oxygens (including phenoxy) is 1. The van der Waals surface area contributed by atoms with Gasteiger partial charge in [0.05, 0.1) is 13.0 Å². The summed E-state index contributed by atoms with van der Waals surface area (Å²) >= 11 is 0. The zero-order valence-electron chi connectivity index (χ0n) is 13.9. The number of benzene rings is 1. The topological polar surface area (TPSA) is 54.5 Å². The van der Waals surface area contributed by atoms with Crippen molar-refractivity contribution >= 4 is 11.7 Å². The molecule has 0 bridgehead atoms. The number of nitrogens with one attached hydrogen (secondary N) is 1. The van der Waals surface area contributed by atoms with E-state index in [1.54, 1.807) is 25.4 Å². The molecule has 2 aromatic rings. The summed E-state index contributed by atoms with van der Waals surface area (Å²) in [5, 5.41) is 2.91. The Morgan fingerprint density at radius 2 is 2.12 bits per heavy atom. The molecule has 5 nitrogen and oxygen atoms in total. The molecule has 1 aromatic heterocycles. The lowest BCUT2D eigenvalue weighted by Crippen LogP contribution is -2.40. The highest BCUT2D eigenvalue weighted by atomic mass is 16.5. The van der Waals surface area contributed by atoms with Gasteiger partial charge in [-0.05, 0) is 37.1 Å². The van der Waals surface area contributed by atoms with Gasteiger partial charge in [-0.3, -0.25) is 9.69 Å². The van der Waals surface area contributed by atoms with Gasteiger partial charge in [0.2, 0.25) is 5.91 Å². The second kappa shape index (κ2) is 7.93. The van der Waals surface area contributed by atoms with Crippen molar-refractivity contribution in [2.45, 2.75) is 19.4 Å². The first kappa shape index (κ1) is 16.5. The van der Waals surface area contributed by atoms with Gasteiger partial charge in [0.25, 0.3) is 0 Å². The van der Waals surface area contributed by atoms with Gasteiger partial charge >= 0.3 is 0 Å². The minimum absolute atomic E-state index is 0.0183. The molecule has 1 saturated heterocycles. The number of amides is 1. The monoisotopic (exact) mass is 325 g/mol. The highest BCUT2D eigenvalue weighted by Crippen LogP contribution is 2.24. The number of aromatic nitrogens is 1. The van der Waals surface area contributed by atoms with Crippen molar-refractivity contribution in [1.29, 1.82) is 0 Å². The molecule has 0 aliphatic carbocycles. The van der Waals surface area contributed by atoms with Crippen LogP contribution in [0.4, 0.5) is 5.82 Å². The maximum Gasteiger partial charge on any atom is 0.230 e. The molecule has 3 rings (SSSR count). The third-order valence-corrected chi connectivity index (χ3v) is 4.36. The fourth-order valence-corrected chi connectivity index (χ4v) is 3.12. The van der Waals surface area contributed by atoms with E-state index in [4.69, 9.17) is 4.74 Å². The van der Waals surface area contributed by atoms with Crippen LogP contribution in [0, 0.1) is 5.92 Å². The molecular weight excluding hydrogens is 302 g/mol. The Kier molecular flexibility index (Phi) is 5.43. The van der Waals surface area contributed by atoms with Crippen LogP contribution in [-0.2, 0) is 11.3 Å². The summed E-state index contributed by atoms with van der Waals surface area (Å²) in [4.78, 5) is 19.1. The standard InChI is InChI=1S/C19H23N3O2/c1-24-17-10-5-11-20-18(17)21-19(23)16-9-6-12-22(14-16)13-15-7-3-2-4-8-15/h2-5,7-8,10-11,16H,6,9,12-14H2,1H3,(H,20,21,23)/t16-/m1/s1. The zero-order chi connectivity index (χ0) is 16.8. The second-order valence-corrected chi connectivity index (χ2v) is 6.10. The fourth-order valence-electron chi connectivity index (χ4n) is 3.12. The van der Waals surface area contributed by atoms with Gasteiger partial charge in [-0.25, -0.2) is 4.98 Å². The largest absolute Gasteiger partial charge is 0.493 e. The van der Waals surface area contributed by atoms with Crippen molar-refractivity contribution in [3.8, 4) is 5.75 Å². The molecule has 2 heterocycles. The lowest BCUT2D eigenvalue weighted by molar-refractivity contribution is -0.121. The third-order valence-electron chi connectivity index (χ3n) is 4.36. The molecule has 126 valence electrons. The minimum atomic E-state index is -0.0193. The summed E-state index contributed by atoms with van der Waals surface area (Å²) in [7, 11) is 1.58. The number of carbonyl (C=O) groups is 1. The van der Waals surface area contributed by atoms with Gasteiger partial charge in [-0.15, -0.1) is 0 Å². The van der Waals surface area contributed by atoms with Crippen molar-refractivity contribution in [2.24, 2.45) is 5.92 Å². The van der Waals surface area contributed by atoms with Crippen LogP contribution in [0.3, 0.4) is 0 Å². The highest BCUT2D eigenvalue weighted by molar-refractivity contribution is 5.93. The summed E-state index contributed by atoms with van der Waals surface area (Å²) in [6.07, 6.45) is 3.59. The van der Waals surface area contributed by atoms with Gasteiger partial charge in [0.15, 0.2) is 11.6 Å². The van der Waals surface area contributed by atoms with E-state index in [0.29, 0.717) is 11.6 Å². The lowest BCUT2D eigenvalue weighted by atomic mass is 9.96. The average Bonchev–Trinajstić information content (AvgIpc) is 2.63. The SMILES string of the molecule is COc1cccnc1NC(=O)[C@@H]1CCCN(Cc2ccccc2)C1. The van der Waals surface area contributed by atoms with Crippen LogP contribution in [0.1, 0.15) is 18.4 Å². The van der Waals surface area contributed by atoms with E-state index in [9.17, 15) is 4.79 Å². The van der Waals surface area contributed by atoms with Crippen LogP contribution in [0.25, 0.3) is 0 Å². The minimum Gasteiger partial charge on any atom is -0.493 e. The lowest BCUT2D eigenvalue weighted by Gasteiger charge is -2.32. The second-order valence-electron chi connectivity index (χ2n) is 6.10. The van der Waals surface area contributed by atoms with Gasteiger partial charge in [-0.1, -0.05) is 30.3 Å². The van der Waals surface area contributed by atoms with Gasteiger partial charge in [0.1, 0.15) is 0 Å². The van der Waals surface area contributed by atoms with E-state index in [2.05, 4.69) is 39.5 Å². The number of piperidine rings is 1. The summed E-state index contributed by atoms with van der Waals surface area (Å²) in [5.74, 6) is 1.08. The number of nitrogens with zero attached hydrogens (tertiary/aromatic N) is 2. The van der Waals surface area contributed by atoms with Crippen molar-refractivity contribution in [3.05, 3.63) is 54.2 Å². The predicted molar refractivity (Wildman–Crippen MR) is 93.9 cm³/mol. The van der Waals surface area contributed by atoms with Crippen molar-refractivity contribution in [1.82, 2.24) is 9.88 Å². The molecule has 0 radical (unpaired) electrons. The first-order valence-corrected chi connectivity index (χ1v) is 8.32. The fraction of sp³-hybridized carbons (Fsp3) is 0.368. The Hall–Kier alpha value is -2.40. The average molecular weight is 325 g/mol. The van der Waals surface area contributed by atoms with E-state index in [1.807, 2.05) is 6.07 Å². The Morgan fingerprint density at radius 3 is 2.92 bits per heavy atom. The zero-order valence-corrected chi connectivity index (χ0v) is 13.9. The van der Waals surface area contributed by atoms with E-state index < -0.39 is 0 Å². The first-order chi connectivity index (χ1) is 11.8. The smallest absolute Gasteiger partial charge is 0.230 e. The summed E-state index contributed by atoms with van der Waals surface area (Å²) in [6.45, 7) is 2.69. The van der Waals surface area contributed by atoms with Gasteiger partial charge in [0, 0.05) is 19.3 Å². The van der Waals surface area contributed by atoms with Crippen molar-refractivity contribution < 1.29 is 9.53 Å². The first-order valence-electron chi connectivity index (χ1n) is 8.32. The van der Waals surface area contributed by atoms with Crippen LogP contribution in [0.5, 0.6) is 5.75 Å². The summed E-state index contributed by atoms with van der Waals surface area (Å²) in [5.41, 5.74) is 1.28. The van der Waals surface area contributed by atoms with Crippen LogP contribution in [0.2, 0.25) is 0 Å². The number of hydrogen-bond donors (Lipinski definition) is 1. The number of hydrogen-bond acceptors (Lipinski definition) is 4. The van der Waals surface area contributed by atoms with Crippen molar-refractivity contribution in [3.63, 3.8) is 0 Å². The number of pyridine rings is 1. The highest BCUT2D eigenvalue weighted by Gasteiger charge is 2.26.